The van der Waals surface area contributed by atoms with Crippen LogP contribution in [0.3, 0.4) is 0 Å². The van der Waals surface area contributed by atoms with Gasteiger partial charge in [0, 0.05) is 30.5 Å². The van der Waals surface area contributed by atoms with Crippen LogP contribution in [-0.4, -0.2) is 33.4 Å². The minimum absolute atomic E-state index is 0.00586. The predicted molar refractivity (Wildman–Crippen MR) is 93.3 cm³/mol. The number of aromatic nitrogens is 2. The third-order valence-corrected chi connectivity index (χ3v) is 4.21. The number of carbonyl (C=O) groups excluding carboxylic acids is 1. The Bertz CT molecular complexity index is 527. The van der Waals surface area contributed by atoms with Crippen LogP contribution in [0.15, 0.2) is 0 Å². The van der Waals surface area contributed by atoms with Crippen molar-refractivity contribution in [2.75, 3.05) is 6.61 Å². The van der Waals surface area contributed by atoms with Crippen molar-refractivity contribution in [2.45, 2.75) is 73.9 Å². The van der Waals surface area contributed by atoms with Gasteiger partial charge in [-0.05, 0) is 31.6 Å². The van der Waals surface area contributed by atoms with E-state index < -0.39 is 0 Å². The number of aliphatic hydroxyl groups is 1. The molecule has 5 heteroatoms. The second-order valence-corrected chi connectivity index (χ2v) is 7.90. The molecule has 0 aliphatic carbocycles. The van der Waals surface area contributed by atoms with E-state index in [9.17, 15) is 9.90 Å². The molecule has 0 saturated carbocycles. The van der Waals surface area contributed by atoms with Crippen molar-refractivity contribution in [2.24, 2.45) is 11.3 Å². The van der Waals surface area contributed by atoms with Gasteiger partial charge in [-0.1, -0.05) is 34.6 Å². The zero-order valence-corrected chi connectivity index (χ0v) is 15.7. The van der Waals surface area contributed by atoms with Crippen LogP contribution in [0.25, 0.3) is 0 Å². The predicted octanol–water partition coefficient (Wildman–Crippen LogP) is 2.61. The highest BCUT2D eigenvalue weighted by atomic mass is 16.3. The molecule has 1 aromatic heterocycles. The Kier molecular flexibility index (Phi) is 6.81. The first-order valence-corrected chi connectivity index (χ1v) is 8.49. The summed E-state index contributed by atoms with van der Waals surface area (Å²) >= 11 is 0. The Morgan fingerprint density at radius 1 is 1.30 bits per heavy atom. The average Bonchev–Trinajstić information content (AvgIpc) is 2.64. The van der Waals surface area contributed by atoms with E-state index in [1.165, 1.54) is 0 Å². The molecule has 0 spiro atoms. The summed E-state index contributed by atoms with van der Waals surface area (Å²) in [6.45, 7) is 15.5. The second kappa shape index (κ2) is 7.95. The van der Waals surface area contributed by atoms with Crippen LogP contribution in [0.2, 0.25) is 0 Å². The molecule has 0 aliphatic heterocycles. The molecule has 0 radical (unpaired) electrons. The van der Waals surface area contributed by atoms with E-state index in [2.05, 4.69) is 45.0 Å². The van der Waals surface area contributed by atoms with Crippen LogP contribution < -0.4 is 5.32 Å². The van der Waals surface area contributed by atoms with Crippen molar-refractivity contribution in [3.8, 4) is 0 Å². The maximum absolute atomic E-state index is 12.5. The van der Waals surface area contributed by atoms with E-state index in [1.54, 1.807) is 0 Å². The monoisotopic (exact) mass is 323 g/mol. The summed E-state index contributed by atoms with van der Waals surface area (Å²) in [6.07, 6.45) is 0.910. The third-order valence-electron chi connectivity index (χ3n) is 4.21. The number of hydrogen-bond acceptors (Lipinski definition) is 3. The van der Waals surface area contributed by atoms with Gasteiger partial charge in [0.15, 0.2) is 0 Å². The highest BCUT2D eigenvalue weighted by Crippen LogP contribution is 2.22. The fourth-order valence-corrected chi connectivity index (χ4v) is 2.77. The average molecular weight is 323 g/mol. The lowest BCUT2D eigenvalue weighted by Crippen LogP contribution is -2.44. The molecule has 0 saturated heterocycles. The molecule has 0 fully saturated rings. The van der Waals surface area contributed by atoms with E-state index in [4.69, 9.17) is 0 Å². The Hall–Kier alpha value is -1.36. The van der Waals surface area contributed by atoms with Crippen molar-refractivity contribution in [3.63, 3.8) is 0 Å². The summed E-state index contributed by atoms with van der Waals surface area (Å²) in [5.41, 5.74) is 2.93. The van der Waals surface area contributed by atoms with Gasteiger partial charge in [0.1, 0.15) is 0 Å². The molecule has 5 nitrogen and oxygen atoms in total. The van der Waals surface area contributed by atoms with E-state index in [0.717, 1.165) is 23.5 Å². The number of nitrogens with one attached hydrogen (secondary N) is 1. The molecule has 1 aromatic rings. The van der Waals surface area contributed by atoms with Crippen molar-refractivity contribution in [3.05, 3.63) is 17.0 Å². The van der Waals surface area contributed by atoms with Gasteiger partial charge in [-0.2, -0.15) is 5.10 Å². The van der Waals surface area contributed by atoms with Crippen LogP contribution in [0.5, 0.6) is 0 Å². The standard InChI is InChI=1S/C18H33N3O2/c1-12(2)11-21-14(4)15(13(3)20-21)10-17(23)19-16(8-9-22)18(5,6)7/h12,16,22H,8-11H2,1-7H3,(H,19,23). The number of aryl methyl sites for hydroxylation is 1. The molecule has 1 rings (SSSR count). The SMILES string of the molecule is Cc1nn(CC(C)C)c(C)c1CC(=O)NC(CCO)C(C)(C)C. The Morgan fingerprint density at radius 2 is 1.91 bits per heavy atom. The lowest BCUT2D eigenvalue weighted by molar-refractivity contribution is -0.122. The van der Waals surface area contributed by atoms with E-state index in [-0.39, 0.29) is 24.0 Å². The van der Waals surface area contributed by atoms with Crippen molar-refractivity contribution in [1.29, 1.82) is 0 Å². The van der Waals surface area contributed by atoms with Gasteiger partial charge in [-0.25, -0.2) is 0 Å². The van der Waals surface area contributed by atoms with Crippen molar-refractivity contribution >= 4 is 5.91 Å². The van der Waals surface area contributed by atoms with Crippen LogP contribution >= 0.6 is 0 Å². The summed E-state index contributed by atoms with van der Waals surface area (Å²) in [4.78, 5) is 12.5. The number of nitrogens with zero attached hydrogens (tertiary/aromatic N) is 2. The number of carbonyl (C=O) groups is 1. The minimum atomic E-state index is -0.0791. The van der Waals surface area contributed by atoms with Gasteiger partial charge < -0.3 is 10.4 Å². The Balaban J connectivity index is 2.83. The van der Waals surface area contributed by atoms with Crippen LogP contribution in [-0.2, 0) is 17.8 Å². The van der Waals surface area contributed by atoms with Crippen molar-refractivity contribution in [1.82, 2.24) is 15.1 Å². The lowest BCUT2D eigenvalue weighted by Gasteiger charge is -2.31. The summed E-state index contributed by atoms with van der Waals surface area (Å²) in [7, 11) is 0. The topological polar surface area (TPSA) is 67.2 Å². The third kappa shape index (κ3) is 5.65. The first-order valence-electron chi connectivity index (χ1n) is 8.49. The maximum atomic E-state index is 12.5. The van der Waals surface area contributed by atoms with E-state index in [0.29, 0.717) is 18.8 Å². The normalized spacial score (nSPS) is 13.4. The van der Waals surface area contributed by atoms with Gasteiger partial charge in [0.25, 0.3) is 0 Å². The first-order chi connectivity index (χ1) is 10.6. The summed E-state index contributed by atoms with van der Waals surface area (Å²) in [5, 5.41) is 16.9. The van der Waals surface area contributed by atoms with Crippen LogP contribution in [0, 0.1) is 25.2 Å². The van der Waals surface area contributed by atoms with Crippen molar-refractivity contribution < 1.29 is 9.90 Å². The molecule has 1 heterocycles. The number of aliphatic hydroxyl groups excluding tert-OH is 1. The summed E-state index contributed by atoms with van der Waals surface area (Å²) < 4.78 is 2.00. The molecule has 23 heavy (non-hydrogen) atoms. The first kappa shape index (κ1) is 19.7. The van der Waals surface area contributed by atoms with Crippen LogP contribution in [0.1, 0.15) is 58.0 Å². The fraction of sp³-hybridized carbons (Fsp3) is 0.778. The van der Waals surface area contributed by atoms with E-state index >= 15 is 0 Å². The van der Waals surface area contributed by atoms with Gasteiger partial charge in [-0.3, -0.25) is 9.48 Å². The lowest BCUT2D eigenvalue weighted by atomic mass is 9.85. The molecular weight excluding hydrogens is 290 g/mol. The van der Waals surface area contributed by atoms with Gasteiger partial charge in [-0.15, -0.1) is 0 Å². The molecule has 1 atom stereocenters. The van der Waals surface area contributed by atoms with Gasteiger partial charge in [0.05, 0.1) is 12.1 Å². The molecule has 132 valence electrons. The molecule has 0 aromatic carbocycles. The highest BCUT2D eigenvalue weighted by molar-refractivity contribution is 5.79. The largest absolute Gasteiger partial charge is 0.396 e. The van der Waals surface area contributed by atoms with Gasteiger partial charge >= 0.3 is 0 Å². The highest BCUT2D eigenvalue weighted by Gasteiger charge is 2.26. The molecule has 0 bridgehead atoms. The molecule has 0 aliphatic rings. The second-order valence-electron chi connectivity index (χ2n) is 7.90. The summed E-state index contributed by atoms with van der Waals surface area (Å²) in [6, 6.07) is -0.0358. The minimum Gasteiger partial charge on any atom is -0.396 e. The number of hydrogen-bond donors (Lipinski definition) is 2. The Labute approximate surface area is 140 Å². The molecule has 1 amide bonds. The molecule has 1 unspecified atom stereocenters. The smallest absolute Gasteiger partial charge is 0.224 e. The van der Waals surface area contributed by atoms with E-state index in [1.807, 2.05) is 18.5 Å². The molecule has 2 N–H and O–H groups in total. The summed E-state index contributed by atoms with van der Waals surface area (Å²) in [5.74, 6) is 0.512. The fourth-order valence-electron chi connectivity index (χ4n) is 2.77. The number of amides is 1. The van der Waals surface area contributed by atoms with Crippen LogP contribution in [0.4, 0.5) is 0 Å². The quantitative estimate of drug-likeness (QED) is 0.810. The maximum Gasteiger partial charge on any atom is 0.224 e. The molecular formula is C18H33N3O2. The zero-order chi connectivity index (χ0) is 17.8. The Morgan fingerprint density at radius 3 is 2.39 bits per heavy atom. The number of rotatable bonds is 7. The van der Waals surface area contributed by atoms with Gasteiger partial charge in [0.2, 0.25) is 5.91 Å². The zero-order valence-electron chi connectivity index (χ0n) is 15.7.